The minimum Gasteiger partial charge on any atom is -0.490 e. The third kappa shape index (κ3) is 3.02. The van der Waals surface area contributed by atoms with Crippen LogP contribution in [-0.4, -0.2) is 30.0 Å². The smallest absolute Gasteiger partial charge is 0.222 e. The summed E-state index contributed by atoms with van der Waals surface area (Å²) in [5, 5.41) is 0. The number of hydrogen-bond donors (Lipinski definition) is 0. The van der Waals surface area contributed by atoms with Crippen molar-refractivity contribution in [2.75, 3.05) is 7.05 Å². The van der Waals surface area contributed by atoms with Gasteiger partial charge in [-0.25, -0.2) is 0 Å². The molecule has 1 aromatic rings. The van der Waals surface area contributed by atoms with Crippen molar-refractivity contribution >= 4 is 5.91 Å². The molecule has 1 heterocycles. The first-order chi connectivity index (χ1) is 14.2. The van der Waals surface area contributed by atoms with Gasteiger partial charge in [0.2, 0.25) is 5.91 Å². The summed E-state index contributed by atoms with van der Waals surface area (Å²) in [6, 6.07) is 9.00. The minimum absolute atomic E-state index is 0.289. The second-order valence-corrected chi connectivity index (χ2v) is 11.7. The maximum atomic E-state index is 12.4. The first kappa shape index (κ1) is 20.4. The highest BCUT2D eigenvalue weighted by atomic mass is 16.5. The molecule has 0 aromatic heterocycles. The molecule has 4 fully saturated rings. The zero-order valence-electron chi connectivity index (χ0n) is 19.5. The Labute approximate surface area is 182 Å². The predicted octanol–water partition coefficient (Wildman–Crippen LogP) is 5.85. The fourth-order valence-corrected chi connectivity index (χ4v) is 8.36. The molecule has 5 rings (SSSR count). The lowest BCUT2D eigenvalue weighted by atomic mass is 9.45. The highest BCUT2D eigenvalue weighted by Gasteiger charge is 2.62. The Hall–Kier alpha value is -1.51. The molecular weight excluding hydrogens is 370 g/mol. The van der Waals surface area contributed by atoms with Crippen molar-refractivity contribution in [1.29, 1.82) is 0 Å². The molecular formula is C27H39NO2. The van der Waals surface area contributed by atoms with Crippen LogP contribution in [0.1, 0.15) is 71.3 Å². The van der Waals surface area contributed by atoms with Gasteiger partial charge >= 0.3 is 0 Å². The van der Waals surface area contributed by atoms with Crippen LogP contribution >= 0.6 is 0 Å². The van der Waals surface area contributed by atoms with Crippen LogP contribution in [0.25, 0.3) is 0 Å². The molecule has 30 heavy (non-hydrogen) atoms. The van der Waals surface area contributed by atoms with Gasteiger partial charge in [0.15, 0.2) is 0 Å². The quantitative estimate of drug-likeness (QED) is 0.613. The highest BCUT2D eigenvalue weighted by Crippen LogP contribution is 2.66. The van der Waals surface area contributed by atoms with E-state index in [1.807, 2.05) is 0 Å². The van der Waals surface area contributed by atoms with E-state index in [1.54, 1.807) is 0 Å². The average Bonchev–Trinajstić information content (AvgIpc) is 3.04. The van der Waals surface area contributed by atoms with E-state index < -0.39 is 0 Å². The molecule has 3 nitrogen and oxygen atoms in total. The molecule has 0 N–H and O–H groups in total. The summed E-state index contributed by atoms with van der Waals surface area (Å²) in [5.74, 6) is 4.35. The number of ether oxygens (including phenoxy) is 1. The molecule has 8 atom stereocenters. The summed E-state index contributed by atoms with van der Waals surface area (Å²) in [6.45, 7) is 9.67. The molecule has 4 aliphatic rings. The van der Waals surface area contributed by atoms with Crippen molar-refractivity contribution in [3.8, 4) is 5.75 Å². The van der Waals surface area contributed by atoms with Crippen molar-refractivity contribution in [3.63, 3.8) is 0 Å². The first-order valence-corrected chi connectivity index (χ1v) is 12.2. The van der Waals surface area contributed by atoms with Crippen molar-refractivity contribution in [2.24, 2.45) is 34.5 Å². The number of aryl methyl sites for hydroxylation is 1. The van der Waals surface area contributed by atoms with Gasteiger partial charge in [0, 0.05) is 19.5 Å². The lowest BCUT2D eigenvalue weighted by Gasteiger charge is -2.63. The molecule has 0 bridgehead atoms. The number of piperidine rings is 1. The van der Waals surface area contributed by atoms with Gasteiger partial charge in [-0.05, 0) is 92.1 Å². The van der Waals surface area contributed by atoms with E-state index in [0.717, 1.165) is 36.3 Å². The molecule has 1 aromatic carbocycles. The third-order valence-corrected chi connectivity index (χ3v) is 9.98. The zero-order chi connectivity index (χ0) is 21.3. The van der Waals surface area contributed by atoms with Gasteiger partial charge in [-0.1, -0.05) is 38.5 Å². The van der Waals surface area contributed by atoms with Crippen LogP contribution in [0.2, 0.25) is 0 Å². The molecule has 6 unspecified atom stereocenters. The minimum atomic E-state index is 0.289. The number of nitrogens with zero attached hydrogens (tertiary/aromatic N) is 1. The molecule has 0 radical (unpaired) electrons. The lowest BCUT2D eigenvalue weighted by molar-refractivity contribution is -0.164. The fraction of sp³-hybridized carbons (Fsp3) is 0.741. The largest absolute Gasteiger partial charge is 0.490 e. The van der Waals surface area contributed by atoms with Gasteiger partial charge in [0.05, 0.1) is 6.10 Å². The van der Waals surface area contributed by atoms with E-state index in [2.05, 4.69) is 63.9 Å². The second kappa shape index (κ2) is 7.00. The summed E-state index contributed by atoms with van der Waals surface area (Å²) in [5.41, 5.74) is 1.98. The van der Waals surface area contributed by atoms with Gasteiger partial charge in [-0.15, -0.1) is 0 Å². The second-order valence-electron chi connectivity index (χ2n) is 11.7. The Morgan fingerprint density at radius 2 is 1.80 bits per heavy atom. The Morgan fingerprint density at radius 1 is 1.07 bits per heavy atom. The topological polar surface area (TPSA) is 29.5 Å². The third-order valence-electron chi connectivity index (χ3n) is 9.98. The lowest BCUT2D eigenvalue weighted by Crippen LogP contribution is -2.62. The number of hydrogen-bond acceptors (Lipinski definition) is 2. The normalized spacial score (nSPS) is 45.5. The van der Waals surface area contributed by atoms with Gasteiger partial charge in [-0.3, -0.25) is 4.79 Å². The van der Waals surface area contributed by atoms with Gasteiger partial charge in [-0.2, -0.15) is 0 Å². The summed E-state index contributed by atoms with van der Waals surface area (Å²) in [6.07, 6.45) is 8.38. The Bertz CT molecular complexity index is 819. The first-order valence-electron chi connectivity index (χ1n) is 12.2. The average molecular weight is 410 g/mol. The molecule has 3 saturated carbocycles. The van der Waals surface area contributed by atoms with E-state index in [-0.39, 0.29) is 5.41 Å². The fourth-order valence-electron chi connectivity index (χ4n) is 8.36. The summed E-state index contributed by atoms with van der Waals surface area (Å²) >= 11 is 0. The SMILES string of the molecule is Cc1ccc(O[C@H]2CC3C4C(C)CC5N(C)C(=O)CC[C@]5(C)C4CCC3(C)C2)cc1. The standard InChI is InChI=1S/C27H39NO2/c1-17-6-8-19(9-7-17)30-20-15-22-25-18(2)14-23-27(4,13-11-24(29)28(23)5)21(25)10-12-26(22,3)16-20/h6-9,18,20-23,25H,10-16H2,1-5H3/t18?,20-,21?,22?,23?,25?,26?,27+/m0/s1. The van der Waals surface area contributed by atoms with E-state index in [4.69, 9.17) is 4.74 Å². The number of benzene rings is 1. The van der Waals surface area contributed by atoms with Gasteiger partial charge < -0.3 is 9.64 Å². The molecule has 0 spiro atoms. The monoisotopic (exact) mass is 409 g/mol. The zero-order valence-corrected chi connectivity index (χ0v) is 19.5. The molecule has 1 saturated heterocycles. The van der Waals surface area contributed by atoms with Crippen molar-refractivity contribution in [3.05, 3.63) is 29.8 Å². The van der Waals surface area contributed by atoms with Crippen LogP contribution in [0.15, 0.2) is 24.3 Å². The molecule has 1 amide bonds. The van der Waals surface area contributed by atoms with Crippen LogP contribution in [0.4, 0.5) is 0 Å². The van der Waals surface area contributed by atoms with E-state index in [9.17, 15) is 4.79 Å². The van der Waals surface area contributed by atoms with Crippen molar-refractivity contribution in [2.45, 2.75) is 84.8 Å². The number of carbonyl (C=O) groups is 1. The van der Waals surface area contributed by atoms with Crippen LogP contribution in [0.3, 0.4) is 0 Å². The maximum absolute atomic E-state index is 12.4. The van der Waals surface area contributed by atoms with Crippen molar-refractivity contribution < 1.29 is 9.53 Å². The van der Waals surface area contributed by atoms with Gasteiger partial charge in [0.25, 0.3) is 0 Å². The maximum Gasteiger partial charge on any atom is 0.222 e. The van der Waals surface area contributed by atoms with Crippen molar-refractivity contribution in [1.82, 2.24) is 4.90 Å². The van der Waals surface area contributed by atoms with E-state index in [0.29, 0.717) is 29.4 Å². The Balaban J connectivity index is 1.39. The molecule has 3 aliphatic carbocycles. The summed E-state index contributed by atoms with van der Waals surface area (Å²) < 4.78 is 6.51. The van der Waals surface area contributed by atoms with E-state index >= 15 is 0 Å². The Kier molecular flexibility index (Phi) is 4.76. The van der Waals surface area contributed by atoms with E-state index in [1.165, 1.54) is 37.7 Å². The number of carbonyl (C=O) groups excluding carboxylic acids is 1. The van der Waals surface area contributed by atoms with Crippen LogP contribution in [-0.2, 0) is 4.79 Å². The number of fused-ring (bicyclic) bond motifs is 5. The van der Waals surface area contributed by atoms with Crippen LogP contribution in [0.5, 0.6) is 5.75 Å². The van der Waals surface area contributed by atoms with Crippen LogP contribution < -0.4 is 4.74 Å². The molecule has 164 valence electrons. The number of likely N-dealkylation sites (tertiary alicyclic amines) is 1. The summed E-state index contributed by atoms with van der Waals surface area (Å²) in [4.78, 5) is 14.6. The number of rotatable bonds is 2. The van der Waals surface area contributed by atoms with Crippen LogP contribution in [0, 0.1) is 41.4 Å². The van der Waals surface area contributed by atoms with Gasteiger partial charge in [0.1, 0.15) is 5.75 Å². The number of amides is 1. The highest BCUT2D eigenvalue weighted by molar-refractivity contribution is 5.77. The summed E-state index contributed by atoms with van der Waals surface area (Å²) in [7, 11) is 2.06. The molecule has 1 aliphatic heterocycles. The predicted molar refractivity (Wildman–Crippen MR) is 120 cm³/mol. The molecule has 3 heteroatoms. The Morgan fingerprint density at radius 3 is 2.53 bits per heavy atom.